The predicted octanol–water partition coefficient (Wildman–Crippen LogP) is 11.2. The van der Waals surface area contributed by atoms with Gasteiger partial charge < -0.3 is 21.3 Å². The fraction of sp³-hybridized carbons (Fsp3) is 0.320. The van der Waals surface area contributed by atoms with Crippen LogP contribution in [-0.2, 0) is 45.7 Å². The highest BCUT2D eigenvalue weighted by molar-refractivity contribution is 7.91. The molecule has 2 fully saturated rings. The number of nitrogens with zero attached hydrogens (tertiary/aromatic N) is 2. The van der Waals surface area contributed by atoms with Crippen LogP contribution in [-0.4, -0.2) is 75.5 Å². The third-order valence-electron chi connectivity index (χ3n) is 11.8. The molecule has 71 heavy (non-hydrogen) atoms. The van der Waals surface area contributed by atoms with Gasteiger partial charge >= 0.3 is 6.18 Å². The van der Waals surface area contributed by atoms with Gasteiger partial charge in [-0.1, -0.05) is 54.7 Å². The van der Waals surface area contributed by atoms with E-state index in [9.17, 15) is 39.6 Å². The van der Waals surface area contributed by atoms with Crippen LogP contribution in [0.3, 0.4) is 0 Å². The Morgan fingerprint density at radius 2 is 1.03 bits per heavy atom. The maximum atomic E-state index is 13.2. The number of halogens is 5. The van der Waals surface area contributed by atoms with Gasteiger partial charge in [0.05, 0.1) is 18.7 Å². The van der Waals surface area contributed by atoms with Gasteiger partial charge in [-0.15, -0.1) is 22.7 Å². The van der Waals surface area contributed by atoms with Crippen LogP contribution in [0, 0.1) is 0 Å². The Morgan fingerprint density at radius 3 is 1.45 bits per heavy atom. The van der Waals surface area contributed by atoms with Crippen LogP contribution in [0.1, 0.15) is 80.6 Å². The first-order valence-electron chi connectivity index (χ1n) is 22.9. The van der Waals surface area contributed by atoms with Crippen molar-refractivity contribution in [3.63, 3.8) is 0 Å². The first-order chi connectivity index (χ1) is 33.9. The van der Waals surface area contributed by atoms with Crippen molar-refractivity contribution in [3.05, 3.63) is 163 Å². The van der Waals surface area contributed by atoms with Crippen LogP contribution < -0.4 is 21.3 Å². The summed E-state index contributed by atoms with van der Waals surface area (Å²) in [4.78, 5) is 26.1. The molecule has 0 aliphatic carbocycles. The number of anilines is 2. The number of aryl methyl sites for hydroxylation is 1. The van der Waals surface area contributed by atoms with E-state index in [4.69, 9.17) is 23.2 Å². The van der Waals surface area contributed by atoms with Gasteiger partial charge in [-0.05, 0) is 141 Å². The maximum absolute atomic E-state index is 13.2. The number of hydrogen-bond acceptors (Lipinski definition) is 10. The van der Waals surface area contributed by atoms with Crippen molar-refractivity contribution in [2.75, 3.05) is 36.8 Å². The molecule has 8 rings (SSSR count). The summed E-state index contributed by atoms with van der Waals surface area (Å²) in [6.07, 6.45) is 0.182. The smallest absolute Gasteiger partial charge is 0.382 e. The maximum Gasteiger partial charge on any atom is 0.416 e. The summed E-state index contributed by atoms with van der Waals surface area (Å²) < 4.78 is 94.9. The minimum atomic E-state index is -4.42. The number of carbonyl (C=O) groups excluding carboxylic acids is 2. The molecule has 0 radical (unpaired) electrons. The first-order valence-corrected chi connectivity index (χ1v) is 28.2. The van der Waals surface area contributed by atoms with Crippen LogP contribution in [0.4, 0.5) is 24.5 Å². The molecule has 2 aliphatic rings. The molecule has 6 aromatic rings. The molecule has 2 aromatic heterocycles. The van der Waals surface area contributed by atoms with Crippen molar-refractivity contribution in [1.82, 2.24) is 19.2 Å². The molecular weight excluding hydrogens is 1040 g/mol. The fourth-order valence-electron chi connectivity index (χ4n) is 8.02. The SMILES string of the molecule is CCCc1cccc(NC2CCN(S(=O)(=O)c3ccc(CNC(=O)c4ccc(Cl)cc4)s3)CC2)c1.O=C(NCc1ccc(S(=O)(=O)N2CCC(Nc3cccc(C(F)(F)F)c3)CC2)s1)c1ccc(Cl)cc1. The molecule has 2 saturated heterocycles. The van der Waals surface area contributed by atoms with E-state index in [0.717, 1.165) is 59.7 Å². The summed E-state index contributed by atoms with van der Waals surface area (Å²) in [6, 6.07) is 33.2. The molecule has 0 bridgehead atoms. The molecule has 378 valence electrons. The Bertz CT molecular complexity index is 2980. The zero-order valence-corrected chi connectivity index (χ0v) is 43.3. The van der Waals surface area contributed by atoms with Crippen molar-refractivity contribution in [2.24, 2.45) is 0 Å². The number of thiophene rings is 2. The number of sulfonamides is 2. The quantitative estimate of drug-likeness (QED) is 0.0746. The first kappa shape index (κ1) is 53.8. The molecular formula is C50H53Cl2F3N6O6S4. The highest BCUT2D eigenvalue weighted by atomic mass is 35.5. The lowest BCUT2D eigenvalue weighted by Crippen LogP contribution is -2.42. The third-order valence-corrected chi connectivity index (χ3v) is 19.2. The number of nitrogens with one attached hydrogen (secondary N) is 4. The second-order valence-corrected chi connectivity index (χ2v) is 24.5. The van der Waals surface area contributed by atoms with Crippen molar-refractivity contribution >= 4 is 89.1 Å². The Kier molecular flexibility index (Phi) is 18.3. The summed E-state index contributed by atoms with van der Waals surface area (Å²) in [5.41, 5.74) is 2.99. The average Bonchev–Trinajstić information content (AvgIpc) is 4.06. The molecule has 0 spiro atoms. The summed E-state index contributed by atoms with van der Waals surface area (Å²) in [7, 11) is -7.26. The average molecular weight is 1090 g/mol. The van der Waals surface area contributed by atoms with E-state index in [2.05, 4.69) is 52.5 Å². The normalized spacial score (nSPS) is 15.4. The van der Waals surface area contributed by atoms with E-state index < -0.39 is 31.8 Å². The molecule has 12 nitrogen and oxygen atoms in total. The van der Waals surface area contributed by atoms with Gasteiger partial charge in [-0.25, -0.2) is 16.8 Å². The van der Waals surface area contributed by atoms with Gasteiger partial charge in [0.1, 0.15) is 8.42 Å². The highest BCUT2D eigenvalue weighted by Crippen LogP contribution is 2.33. The number of amides is 2. The molecule has 2 amide bonds. The van der Waals surface area contributed by atoms with Crippen LogP contribution in [0.2, 0.25) is 10.0 Å². The summed E-state index contributed by atoms with van der Waals surface area (Å²) in [6.45, 7) is 4.09. The topological polar surface area (TPSA) is 157 Å². The molecule has 0 saturated carbocycles. The molecule has 21 heteroatoms. The summed E-state index contributed by atoms with van der Waals surface area (Å²) in [5, 5.41) is 13.3. The lowest BCUT2D eigenvalue weighted by molar-refractivity contribution is -0.137. The van der Waals surface area contributed by atoms with E-state index in [1.54, 1.807) is 77.1 Å². The van der Waals surface area contributed by atoms with Crippen molar-refractivity contribution in [1.29, 1.82) is 0 Å². The van der Waals surface area contributed by atoms with Crippen LogP contribution in [0.25, 0.3) is 0 Å². The second-order valence-electron chi connectivity index (χ2n) is 17.0. The number of benzene rings is 4. The zero-order chi connectivity index (χ0) is 50.8. The Balaban J connectivity index is 0.000000209. The van der Waals surface area contributed by atoms with Crippen LogP contribution >= 0.6 is 45.9 Å². The summed E-state index contributed by atoms with van der Waals surface area (Å²) >= 11 is 14.0. The van der Waals surface area contributed by atoms with Crippen LogP contribution in [0.5, 0.6) is 0 Å². The molecule has 0 atom stereocenters. The Hall–Kier alpha value is -4.99. The molecule has 4 heterocycles. The minimum absolute atomic E-state index is 0.137. The van der Waals surface area contributed by atoms with Gasteiger partial charge in [0.2, 0.25) is 0 Å². The molecule has 2 aliphatic heterocycles. The van der Waals surface area contributed by atoms with Gasteiger partial charge in [0.15, 0.2) is 0 Å². The lowest BCUT2D eigenvalue weighted by atomic mass is 10.1. The molecule has 4 aromatic carbocycles. The standard InChI is InChI=1S/C26H30ClN3O3S2.C24H23ClF3N3O3S2/c1-2-4-19-5-3-6-23(17-19)29-22-13-15-30(16-14-22)35(32,33)25-12-11-24(34-25)18-28-26(31)20-7-9-21(27)10-8-20;25-18-6-4-16(5-7-18)23(32)29-15-21-8-9-22(35-21)36(33,34)31-12-10-19(11-13-31)30-20-3-1-2-17(14-20)24(26,27)28/h3,5-12,17,22,29H,2,4,13-16,18H2,1H3,(H,28,31);1-9,14,19,30H,10-13,15H2,(H,29,32). The van der Waals surface area contributed by atoms with E-state index in [1.807, 2.05) is 0 Å². The van der Waals surface area contributed by atoms with Gasteiger partial charge in [0.25, 0.3) is 31.9 Å². The number of rotatable bonds is 16. The van der Waals surface area contributed by atoms with Crippen molar-refractivity contribution < 1.29 is 39.6 Å². The third kappa shape index (κ3) is 14.8. The predicted molar refractivity (Wildman–Crippen MR) is 277 cm³/mol. The lowest BCUT2D eigenvalue weighted by Gasteiger charge is -2.32. The largest absolute Gasteiger partial charge is 0.416 e. The minimum Gasteiger partial charge on any atom is -0.382 e. The van der Waals surface area contributed by atoms with E-state index >= 15 is 0 Å². The number of hydrogen-bond donors (Lipinski definition) is 4. The summed E-state index contributed by atoms with van der Waals surface area (Å²) in [5.74, 6) is -0.519. The van der Waals surface area contributed by atoms with Gasteiger partial charge in [0, 0.05) is 80.6 Å². The molecule has 0 unspecified atom stereocenters. The number of carbonyl (C=O) groups is 2. The Morgan fingerprint density at radius 1 is 0.606 bits per heavy atom. The highest BCUT2D eigenvalue weighted by Gasteiger charge is 2.33. The monoisotopic (exact) mass is 1090 g/mol. The Labute approximate surface area is 430 Å². The van der Waals surface area contributed by atoms with Crippen molar-refractivity contribution in [3.8, 4) is 0 Å². The second kappa shape index (κ2) is 24.2. The fourth-order valence-corrected chi connectivity index (χ4v) is 14.1. The van der Waals surface area contributed by atoms with E-state index in [0.29, 0.717) is 61.9 Å². The van der Waals surface area contributed by atoms with E-state index in [1.165, 1.54) is 33.3 Å². The van der Waals surface area contributed by atoms with Gasteiger partial charge in [-0.3, -0.25) is 9.59 Å². The number of alkyl halides is 3. The van der Waals surface area contributed by atoms with E-state index in [-0.39, 0.29) is 54.3 Å². The zero-order valence-electron chi connectivity index (χ0n) is 38.6. The van der Waals surface area contributed by atoms with Gasteiger partial charge in [-0.2, -0.15) is 21.8 Å². The molecule has 4 N–H and O–H groups in total. The number of piperidine rings is 2. The van der Waals surface area contributed by atoms with Crippen molar-refractivity contribution in [2.45, 2.75) is 85.2 Å². The van der Waals surface area contributed by atoms with Crippen LogP contribution in [0.15, 0.2) is 130 Å².